The average Bonchev–Trinajstić information content (AvgIpc) is 2.48. The van der Waals surface area contributed by atoms with Gasteiger partial charge in [-0.3, -0.25) is 0 Å². The molecule has 0 aromatic heterocycles. The Kier molecular flexibility index (Phi) is 5.66. The van der Waals surface area contributed by atoms with E-state index in [4.69, 9.17) is 4.74 Å². The van der Waals surface area contributed by atoms with Crippen molar-refractivity contribution in [2.45, 2.75) is 33.1 Å². The Hall–Kier alpha value is -1.87. The summed E-state index contributed by atoms with van der Waals surface area (Å²) in [4.78, 5) is 2.09. The Balaban J connectivity index is 2.33. The molecule has 2 aromatic carbocycles. The molecule has 2 rings (SSSR count). The van der Waals surface area contributed by atoms with Crippen molar-refractivity contribution in [1.29, 1.82) is 0 Å². The number of aryl methyl sites for hydroxylation is 1. The molecule has 130 valence electrons. The van der Waals surface area contributed by atoms with Gasteiger partial charge in [0.15, 0.2) is 0 Å². The first-order chi connectivity index (χ1) is 11.2. The highest BCUT2D eigenvalue weighted by atomic mass is 19.1. The highest BCUT2D eigenvalue weighted by Gasteiger charge is 2.21. The van der Waals surface area contributed by atoms with Crippen LogP contribution in [-0.2, 0) is 5.41 Å². The molecule has 0 amide bonds. The van der Waals surface area contributed by atoms with Gasteiger partial charge in [0.05, 0.1) is 0 Å². The van der Waals surface area contributed by atoms with E-state index < -0.39 is 0 Å². The Morgan fingerprint density at radius 3 is 2.38 bits per heavy atom. The Labute approximate surface area is 145 Å². The number of hydrogen-bond acceptors (Lipinski definition) is 2. The van der Waals surface area contributed by atoms with Gasteiger partial charge in [-0.25, -0.2) is 4.39 Å². The quantitative estimate of drug-likeness (QED) is 0.762. The lowest BCUT2D eigenvalue weighted by molar-refractivity contribution is 0.261. The van der Waals surface area contributed by atoms with E-state index in [1.54, 1.807) is 0 Å². The molecule has 0 radical (unpaired) electrons. The minimum absolute atomic E-state index is 0.107. The Morgan fingerprint density at radius 1 is 1.04 bits per heavy atom. The van der Waals surface area contributed by atoms with Gasteiger partial charge in [-0.2, -0.15) is 0 Å². The van der Waals surface area contributed by atoms with Crippen LogP contribution < -0.4 is 4.74 Å². The number of nitrogens with zero attached hydrogens (tertiary/aromatic N) is 1. The molecule has 0 aliphatic heterocycles. The molecule has 0 unspecified atom stereocenters. The lowest BCUT2D eigenvalue weighted by atomic mass is 9.83. The molecule has 0 heterocycles. The third-order valence-electron chi connectivity index (χ3n) is 4.04. The summed E-state index contributed by atoms with van der Waals surface area (Å²) < 4.78 is 20.3. The molecule has 0 aliphatic carbocycles. The topological polar surface area (TPSA) is 12.5 Å². The first kappa shape index (κ1) is 18.5. The summed E-state index contributed by atoms with van der Waals surface area (Å²) in [5, 5.41) is 0. The summed E-state index contributed by atoms with van der Waals surface area (Å²) in [5.41, 5.74) is 3.26. The second-order valence-corrected chi connectivity index (χ2v) is 7.58. The van der Waals surface area contributed by atoms with Crippen molar-refractivity contribution < 1.29 is 9.13 Å². The van der Waals surface area contributed by atoms with Gasteiger partial charge in [0.2, 0.25) is 0 Å². The van der Waals surface area contributed by atoms with Gasteiger partial charge >= 0.3 is 0 Å². The molecule has 0 atom stereocenters. The van der Waals surface area contributed by atoms with Gasteiger partial charge in [0, 0.05) is 6.54 Å². The summed E-state index contributed by atoms with van der Waals surface area (Å²) in [6, 6.07) is 11.9. The summed E-state index contributed by atoms with van der Waals surface area (Å²) >= 11 is 0. The average molecular weight is 329 g/mol. The van der Waals surface area contributed by atoms with Gasteiger partial charge in [-0.05, 0) is 73.0 Å². The van der Waals surface area contributed by atoms with E-state index in [9.17, 15) is 4.39 Å². The number of rotatable bonds is 5. The van der Waals surface area contributed by atoms with E-state index in [-0.39, 0.29) is 11.2 Å². The maximum atomic E-state index is 14.5. The van der Waals surface area contributed by atoms with E-state index in [2.05, 4.69) is 4.90 Å². The van der Waals surface area contributed by atoms with E-state index in [0.29, 0.717) is 12.2 Å². The standard InChI is InChI=1S/C21H28FNO/c1-15-12-17(14-19(20(15)22)21(2,3)4)16-8-7-9-18(13-16)24-11-10-23(5)6/h7-9,12-14H,10-11H2,1-6H3. The fourth-order valence-corrected chi connectivity index (χ4v) is 2.59. The fourth-order valence-electron chi connectivity index (χ4n) is 2.59. The van der Waals surface area contributed by atoms with Crippen molar-refractivity contribution >= 4 is 0 Å². The lowest BCUT2D eigenvalue weighted by Gasteiger charge is -2.22. The summed E-state index contributed by atoms with van der Waals surface area (Å²) in [5.74, 6) is 0.735. The van der Waals surface area contributed by atoms with Crippen LogP contribution in [0.25, 0.3) is 11.1 Å². The van der Waals surface area contributed by atoms with Gasteiger partial charge in [0.1, 0.15) is 18.2 Å². The highest BCUT2D eigenvalue weighted by molar-refractivity contribution is 5.67. The predicted octanol–water partition coefficient (Wildman–Crippen LogP) is 5.04. The van der Waals surface area contributed by atoms with Crippen LogP contribution in [0.15, 0.2) is 36.4 Å². The second-order valence-electron chi connectivity index (χ2n) is 7.58. The van der Waals surface area contributed by atoms with Gasteiger partial charge in [-0.15, -0.1) is 0 Å². The summed E-state index contributed by atoms with van der Waals surface area (Å²) in [6.07, 6.45) is 0. The first-order valence-electron chi connectivity index (χ1n) is 8.37. The first-order valence-corrected chi connectivity index (χ1v) is 8.37. The molecular formula is C21H28FNO. The molecule has 3 heteroatoms. The van der Waals surface area contributed by atoms with Crippen molar-refractivity contribution in [2.75, 3.05) is 27.2 Å². The predicted molar refractivity (Wildman–Crippen MR) is 99.3 cm³/mol. The van der Waals surface area contributed by atoms with Crippen LogP contribution in [0.4, 0.5) is 4.39 Å². The molecule has 0 saturated carbocycles. The van der Waals surface area contributed by atoms with Crippen LogP contribution in [0.5, 0.6) is 5.75 Å². The number of halogens is 1. The molecule has 0 spiro atoms. The number of likely N-dealkylation sites (N-methyl/N-ethyl adjacent to an activating group) is 1. The van der Waals surface area contributed by atoms with Crippen LogP contribution in [0.2, 0.25) is 0 Å². The molecule has 2 nitrogen and oxygen atoms in total. The molecule has 2 aromatic rings. The van der Waals surface area contributed by atoms with Gasteiger partial charge in [0.25, 0.3) is 0 Å². The van der Waals surface area contributed by atoms with Crippen LogP contribution in [0, 0.1) is 12.7 Å². The van der Waals surface area contributed by atoms with E-state index >= 15 is 0 Å². The lowest BCUT2D eigenvalue weighted by Crippen LogP contribution is -2.19. The molecule has 0 saturated heterocycles. The number of hydrogen-bond donors (Lipinski definition) is 0. The summed E-state index contributed by atoms with van der Waals surface area (Å²) in [6.45, 7) is 9.45. The zero-order valence-electron chi connectivity index (χ0n) is 15.6. The van der Waals surface area contributed by atoms with Gasteiger partial charge in [-0.1, -0.05) is 32.9 Å². The van der Waals surface area contributed by atoms with Crippen LogP contribution >= 0.6 is 0 Å². The normalized spacial score (nSPS) is 11.8. The molecule has 0 fully saturated rings. The maximum Gasteiger partial charge on any atom is 0.129 e. The molecule has 24 heavy (non-hydrogen) atoms. The SMILES string of the molecule is Cc1cc(-c2cccc(OCCN(C)C)c2)cc(C(C)(C)C)c1F. The minimum Gasteiger partial charge on any atom is -0.492 e. The van der Waals surface area contributed by atoms with E-state index in [1.165, 1.54) is 0 Å². The smallest absolute Gasteiger partial charge is 0.129 e. The van der Waals surface area contributed by atoms with Crippen molar-refractivity contribution in [3.63, 3.8) is 0 Å². The van der Waals surface area contributed by atoms with Crippen LogP contribution in [-0.4, -0.2) is 32.1 Å². The van der Waals surface area contributed by atoms with E-state index in [1.807, 2.05) is 78.2 Å². The molecular weight excluding hydrogens is 301 g/mol. The van der Waals surface area contributed by atoms with Crippen molar-refractivity contribution in [3.05, 3.63) is 53.3 Å². The maximum absolute atomic E-state index is 14.5. The third kappa shape index (κ3) is 4.57. The van der Waals surface area contributed by atoms with Crippen molar-refractivity contribution in [2.24, 2.45) is 0 Å². The monoisotopic (exact) mass is 329 g/mol. The zero-order valence-corrected chi connectivity index (χ0v) is 15.6. The highest BCUT2D eigenvalue weighted by Crippen LogP contribution is 2.33. The largest absolute Gasteiger partial charge is 0.492 e. The fraction of sp³-hybridized carbons (Fsp3) is 0.429. The number of benzene rings is 2. The third-order valence-corrected chi connectivity index (χ3v) is 4.04. The van der Waals surface area contributed by atoms with Crippen LogP contribution in [0.3, 0.4) is 0 Å². The number of ether oxygens (including phenoxy) is 1. The Morgan fingerprint density at radius 2 is 1.75 bits per heavy atom. The minimum atomic E-state index is -0.231. The molecule has 0 aliphatic rings. The van der Waals surface area contributed by atoms with Crippen LogP contribution in [0.1, 0.15) is 31.9 Å². The molecule has 0 N–H and O–H groups in total. The van der Waals surface area contributed by atoms with Crippen molar-refractivity contribution in [3.8, 4) is 16.9 Å². The zero-order chi connectivity index (χ0) is 17.9. The summed E-state index contributed by atoms with van der Waals surface area (Å²) in [7, 11) is 4.05. The van der Waals surface area contributed by atoms with Crippen molar-refractivity contribution in [1.82, 2.24) is 4.90 Å². The molecule has 0 bridgehead atoms. The van der Waals surface area contributed by atoms with Gasteiger partial charge < -0.3 is 9.64 Å². The second kappa shape index (κ2) is 7.35. The van der Waals surface area contributed by atoms with E-state index in [0.717, 1.165) is 29.0 Å². The Bertz CT molecular complexity index is 701.